The first-order chi connectivity index (χ1) is 16.3. The average molecular weight is 437 g/mol. The van der Waals surface area contributed by atoms with Gasteiger partial charge in [0.2, 0.25) is 11.8 Å². The molecule has 0 radical (unpaired) electrons. The molecule has 5 aromatic rings. The summed E-state index contributed by atoms with van der Waals surface area (Å²) in [4.78, 5) is 6.58. The number of nitrogens with zero attached hydrogens (tertiary/aromatic N) is 5. The van der Waals surface area contributed by atoms with Crippen molar-refractivity contribution in [1.29, 1.82) is 0 Å². The van der Waals surface area contributed by atoms with Crippen molar-refractivity contribution in [3.05, 3.63) is 84.5 Å². The predicted octanol–water partition coefficient (Wildman–Crippen LogP) is 5.05. The van der Waals surface area contributed by atoms with Gasteiger partial charge in [-0.1, -0.05) is 30.3 Å². The van der Waals surface area contributed by atoms with Gasteiger partial charge >= 0.3 is 0 Å². The van der Waals surface area contributed by atoms with Gasteiger partial charge in [-0.05, 0) is 55.3 Å². The van der Waals surface area contributed by atoms with Crippen LogP contribution in [0.4, 0.5) is 0 Å². The molecule has 3 aromatic heterocycles. The summed E-state index contributed by atoms with van der Waals surface area (Å²) >= 11 is 0. The second kappa shape index (κ2) is 8.60. The normalized spacial score (nSPS) is 16.9. The summed E-state index contributed by atoms with van der Waals surface area (Å²) in [7, 11) is 0. The maximum atomic E-state index is 6.19. The van der Waals surface area contributed by atoms with Crippen molar-refractivity contribution < 1.29 is 4.42 Å². The summed E-state index contributed by atoms with van der Waals surface area (Å²) in [6.45, 7) is 2.98. The first-order valence-corrected chi connectivity index (χ1v) is 11.3. The van der Waals surface area contributed by atoms with Gasteiger partial charge in [-0.2, -0.15) is 5.10 Å². The fraction of sp³-hybridized carbons (Fsp3) is 0.231. The highest BCUT2D eigenvalue weighted by atomic mass is 16.4. The second-order valence-corrected chi connectivity index (χ2v) is 8.57. The molecule has 0 bridgehead atoms. The molecule has 1 fully saturated rings. The van der Waals surface area contributed by atoms with Crippen molar-refractivity contribution in [3.8, 4) is 22.7 Å². The van der Waals surface area contributed by atoms with E-state index in [1.165, 1.54) is 5.56 Å². The molecule has 2 aromatic carbocycles. The lowest BCUT2D eigenvalue weighted by Crippen LogP contribution is -2.34. The molecular weight excluding hydrogens is 412 g/mol. The molecule has 7 nitrogen and oxygen atoms in total. The van der Waals surface area contributed by atoms with E-state index in [1.807, 2.05) is 24.3 Å². The predicted molar refractivity (Wildman–Crippen MR) is 126 cm³/mol. The minimum Gasteiger partial charge on any atom is -0.420 e. The smallest absolute Gasteiger partial charge is 0.247 e. The van der Waals surface area contributed by atoms with Crippen LogP contribution in [0.2, 0.25) is 0 Å². The number of nitrogens with one attached hydrogen (secondary N) is 1. The Morgan fingerprint density at radius 1 is 0.970 bits per heavy atom. The summed E-state index contributed by atoms with van der Waals surface area (Å²) in [5.74, 6) is 1.53. The van der Waals surface area contributed by atoms with Gasteiger partial charge in [-0.15, -0.1) is 10.2 Å². The molecule has 7 heteroatoms. The number of fused-ring (bicyclic) bond motifs is 1. The van der Waals surface area contributed by atoms with Gasteiger partial charge in [0.15, 0.2) is 0 Å². The lowest BCUT2D eigenvalue weighted by Gasteiger charge is -2.31. The van der Waals surface area contributed by atoms with E-state index in [9.17, 15) is 0 Å². The average Bonchev–Trinajstić information content (AvgIpc) is 3.53. The molecule has 1 saturated heterocycles. The molecule has 164 valence electrons. The number of piperidine rings is 1. The van der Waals surface area contributed by atoms with Crippen LogP contribution in [-0.2, 0) is 6.54 Å². The molecule has 1 unspecified atom stereocenters. The van der Waals surface area contributed by atoms with Gasteiger partial charge in [-0.25, -0.2) is 0 Å². The quantitative estimate of drug-likeness (QED) is 0.415. The summed E-state index contributed by atoms with van der Waals surface area (Å²) in [5, 5.41) is 17.4. The highest BCUT2D eigenvalue weighted by molar-refractivity contribution is 5.95. The molecule has 1 atom stereocenters. The van der Waals surface area contributed by atoms with Crippen molar-refractivity contribution in [2.45, 2.75) is 25.3 Å². The highest BCUT2D eigenvalue weighted by Gasteiger charge is 2.26. The van der Waals surface area contributed by atoms with E-state index in [0.29, 0.717) is 5.89 Å². The lowest BCUT2D eigenvalue weighted by molar-refractivity contribution is 0.186. The number of likely N-dealkylation sites (tertiary alicyclic amines) is 1. The van der Waals surface area contributed by atoms with Gasteiger partial charge in [-0.3, -0.25) is 15.0 Å². The Morgan fingerprint density at radius 3 is 2.73 bits per heavy atom. The number of aromatic nitrogens is 5. The largest absolute Gasteiger partial charge is 0.420 e. The number of benzene rings is 2. The van der Waals surface area contributed by atoms with Crippen molar-refractivity contribution in [3.63, 3.8) is 0 Å². The van der Waals surface area contributed by atoms with Crippen LogP contribution >= 0.6 is 0 Å². The summed E-state index contributed by atoms with van der Waals surface area (Å²) in [6.07, 6.45) is 5.75. The third-order valence-corrected chi connectivity index (χ3v) is 6.31. The molecule has 0 aliphatic carbocycles. The van der Waals surface area contributed by atoms with E-state index in [4.69, 9.17) is 4.42 Å². The van der Waals surface area contributed by atoms with E-state index in [-0.39, 0.29) is 5.92 Å². The Hall–Kier alpha value is -3.84. The number of aromatic amines is 1. The third kappa shape index (κ3) is 4.03. The van der Waals surface area contributed by atoms with Crippen LogP contribution in [0.5, 0.6) is 0 Å². The zero-order valence-electron chi connectivity index (χ0n) is 18.2. The number of pyridine rings is 1. The number of rotatable bonds is 5. The first-order valence-electron chi connectivity index (χ1n) is 11.3. The van der Waals surface area contributed by atoms with Gasteiger partial charge in [0.25, 0.3) is 0 Å². The fourth-order valence-electron chi connectivity index (χ4n) is 4.64. The zero-order valence-corrected chi connectivity index (χ0v) is 18.2. The van der Waals surface area contributed by atoms with Crippen LogP contribution in [0, 0.1) is 0 Å². The Balaban J connectivity index is 1.24. The minimum atomic E-state index is 0.258. The maximum absolute atomic E-state index is 6.19. The van der Waals surface area contributed by atoms with Crippen LogP contribution < -0.4 is 0 Å². The molecule has 0 amide bonds. The van der Waals surface area contributed by atoms with Gasteiger partial charge in [0, 0.05) is 42.0 Å². The van der Waals surface area contributed by atoms with Gasteiger partial charge < -0.3 is 4.42 Å². The minimum absolute atomic E-state index is 0.258. The van der Waals surface area contributed by atoms with Crippen molar-refractivity contribution >= 4 is 10.9 Å². The van der Waals surface area contributed by atoms with Crippen molar-refractivity contribution in [2.24, 2.45) is 0 Å². The van der Waals surface area contributed by atoms with Crippen LogP contribution in [0.15, 0.2) is 77.5 Å². The van der Waals surface area contributed by atoms with Crippen LogP contribution in [-0.4, -0.2) is 43.4 Å². The maximum Gasteiger partial charge on any atom is 0.247 e. The highest BCUT2D eigenvalue weighted by Crippen LogP contribution is 2.32. The molecule has 33 heavy (non-hydrogen) atoms. The lowest BCUT2D eigenvalue weighted by atomic mass is 9.97. The summed E-state index contributed by atoms with van der Waals surface area (Å²) in [6, 6.07) is 20.6. The van der Waals surface area contributed by atoms with Crippen LogP contribution in [0.3, 0.4) is 0 Å². The van der Waals surface area contributed by atoms with Gasteiger partial charge in [0.05, 0.1) is 11.4 Å². The molecular formula is C26H24N6O. The van der Waals surface area contributed by atoms with E-state index < -0.39 is 0 Å². The number of H-pyrrole nitrogens is 1. The number of hydrogen-bond donors (Lipinski definition) is 1. The van der Waals surface area contributed by atoms with E-state index in [0.717, 1.165) is 66.1 Å². The van der Waals surface area contributed by atoms with E-state index in [1.54, 1.807) is 12.4 Å². The van der Waals surface area contributed by atoms with Crippen LogP contribution in [0.1, 0.15) is 30.2 Å². The summed E-state index contributed by atoms with van der Waals surface area (Å²) in [5.41, 5.74) is 5.10. The summed E-state index contributed by atoms with van der Waals surface area (Å²) < 4.78 is 6.19. The molecule has 4 heterocycles. The van der Waals surface area contributed by atoms with Gasteiger partial charge in [0.1, 0.15) is 5.69 Å². The Kier molecular flexibility index (Phi) is 5.16. The molecule has 1 N–H and O–H groups in total. The van der Waals surface area contributed by atoms with Crippen molar-refractivity contribution in [2.75, 3.05) is 13.1 Å². The zero-order chi connectivity index (χ0) is 22.0. The third-order valence-electron chi connectivity index (χ3n) is 6.31. The van der Waals surface area contributed by atoms with E-state index in [2.05, 4.69) is 66.7 Å². The SMILES string of the molecule is c1ccc(CN2CCCC(c3nnc(-c4ccc5[nH]nc(-c6ccncc6)c5c4)o3)C2)cc1. The Bertz CT molecular complexity index is 1360. The number of hydrogen-bond acceptors (Lipinski definition) is 6. The molecule has 0 spiro atoms. The Labute approximate surface area is 191 Å². The molecule has 6 rings (SSSR count). The van der Waals surface area contributed by atoms with Crippen LogP contribution in [0.25, 0.3) is 33.6 Å². The van der Waals surface area contributed by atoms with E-state index >= 15 is 0 Å². The van der Waals surface area contributed by atoms with Crippen molar-refractivity contribution in [1.82, 2.24) is 30.3 Å². The monoisotopic (exact) mass is 436 g/mol. The standard InChI is InChI=1S/C26H24N6O/c1-2-5-18(6-3-1)16-32-14-4-7-21(17-32)26-31-30-25(33-26)20-8-9-23-22(15-20)24(29-28-23)19-10-12-27-13-11-19/h1-3,5-6,8-13,15,21H,4,7,14,16-17H2,(H,28,29). The first kappa shape index (κ1) is 19.8. The Morgan fingerprint density at radius 2 is 1.85 bits per heavy atom. The second-order valence-electron chi connectivity index (χ2n) is 8.57. The molecule has 1 aliphatic rings. The topological polar surface area (TPSA) is 83.7 Å². The molecule has 1 aliphatic heterocycles. The fourth-order valence-corrected chi connectivity index (χ4v) is 4.64. The molecule has 0 saturated carbocycles.